The molecule has 1 atom stereocenters. The van der Waals surface area contributed by atoms with Crippen LogP contribution in [0, 0.1) is 13.8 Å². The number of rotatable bonds is 4. The van der Waals surface area contributed by atoms with Gasteiger partial charge < -0.3 is 5.32 Å². The van der Waals surface area contributed by atoms with Crippen LogP contribution in [0.3, 0.4) is 0 Å². The molecule has 22 heavy (non-hydrogen) atoms. The third-order valence-electron chi connectivity index (χ3n) is 3.34. The molecule has 2 aromatic rings. The summed E-state index contributed by atoms with van der Waals surface area (Å²) in [5.41, 5.74) is 2.46. The van der Waals surface area contributed by atoms with Crippen LogP contribution in [0.15, 0.2) is 23.1 Å². The molecule has 1 amide bonds. The van der Waals surface area contributed by atoms with Gasteiger partial charge in [-0.25, -0.2) is 0 Å². The predicted molar refractivity (Wildman–Crippen MR) is 93.1 cm³/mol. The number of carbonyl (C=O) groups is 1. The van der Waals surface area contributed by atoms with Crippen LogP contribution in [-0.4, -0.2) is 20.9 Å². The molecule has 0 aliphatic rings. The molecular weight excluding hydrogens is 341 g/mol. The van der Waals surface area contributed by atoms with Crippen LogP contribution in [0.4, 0.5) is 5.69 Å². The van der Waals surface area contributed by atoms with Gasteiger partial charge in [-0.05, 0) is 32.9 Å². The number of benzene rings is 1. The molecule has 118 valence electrons. The fourth-order valence-electron chi connectivity index (χ4n) is 2.00. The molecule has 1 aromatic heterocycles. The zero-order valence-corrected chi connectivity index (χ0v) is 15.1. The summed E-state index contributed by atoms with van der Waals surface area (Å²) in [4.78, 5) is 13.1. The Hall–Kier alpha value is -1.17. The van der Waals surface area contributed by atoms with E-state index in [1.807, 2.05) is 27.8 Å². The molecule has 1 N–H and O–H groups in total. The molecule has 4 nitrogen and oxygen atoms in total. The Morgan fingerprint density at radius 3 is 2.41 bits per heavy atom. The van der Waals surface area contributed by atoms with Gasteiger partial charge in [0.2, 0.25) is 5.91 Å². The normalized spacial score (nSPS) is 12.3. The molecule has 2 rings (SSSR count). The number of nitrogens with zero attached hydrogens (tertiary/aromatic N) is 2. The average Bonchev–Trinajstić information content (AvgIpc) is 2.69. The Morgan fingerprint density at radius 1 is 1.32 bits per heavy atom. The monoisotopic (exact) mass is 357 g/mol. The Balaban J connectivity index is 2.13. The SMILES string of the molecule is Cc1nn(C)c(C)c1NC(=O)[C@@H](C)Sc1c(Cl)cccc1Cl. The van der Waals surface area contributed by atoms with Crippen molar-refractivity contribution in [2.45, 2.75) is 30.9 Å². The number of nitrogens with one attached hydrogen (secondary N) is 1. The van der Waals surface area contributed by atoms with Crippen molar-refractivity contribution >= 4 is 46.6 Å². The molecule has 0 saturated heterocycles. The van der Waals surface area contributed by atoms with Gasteiger partial charge in [-0.1, -0.05) is 29.3 Å². The van der Waals surface area contributed by atoms with Crippen LogP contribution in [0.1, 0.15) is 18.3 Å². The van der Waals surface area contributed by atoms with Crippen LogP contribution in [0.25, 0.3) is 0 Å². The molecule has 0 aliphatic heterocycles. The summed E-state index contributed by atoms with van der Waals surface area (Å²) in [6.07, 6.45) is 0. The zero-order chi connectivity index (χ0) is 16.4. The number of hydrogen-bond donors (Lipinski definition) is 1. The molecule has 0 spiro atoms. The number of anilines is 1. The fourth-order valence-corrected chi connectivity index (χ4v) is 3.55. The Kier molecular flexibility index (Phi) is 5.42. The Labute approximate surface area is 144 Å². The van der Waals surface area contributed by atoms with Crippen molar-refractivity contribution in [1.82, 2.24) is 9.78 Å². The summed E-state index contributed by atoms with van der Waals surface area (Å²) >= 11 is 13.6. The lowest BCUT2D eigenvalue weighted by Gasteiger charge is -2.14. The first kappa shape index (κ1) is 17.2. The lowest BCUT2D eigenvalue weighted by Crippen LogP contribution is -2.23. The highest BCUT2D eigenvalue weighted by atomic mass is 35.5. The van der Waals surface area contributed by atoms with Crippen molar-refractivity contribution in [3.8, 4) is 0 Å². The highest BCUT2D eigenvalue weighted by molar-refractivity contribution is 8.00. The van der Waals surface area contributed by atoms with Crippen molar-refractivity contribution in [3.05, 3.63) is 39.6 Å². The minimum absolute atomic E-state index is 0.111. The van der Waals surface area contributed by atoms with Gasteiger partial charge in [0.1, 0.15) is 0 Å². The van der Waals surface area contributed by atoms with Crippen LogP contribution in [0.2, 0.25) is 10.0 Å². The van der Waals surface area contributed by atoms with E-state index in [9.17, 15) is 4.79 Å². The van der Waals surface area contributed by atoms with E-state index >= 15 is 0 Å². The number of aryl methyl sites for hydroxylation is 2. The summed E-state index contributed by atoms with van der Waals surface area (Å²) in [7, 11) is 1.85. The molecule has 0 unspecified atom stereocenters. The molecular formula is C15H17Cl2N3OS. The number of carbonyl (C=O) groups excluding carboxylic acids is 1. The van der Waals surface area contributed by atoms with E-state index in [2.05, 4.69) is 10.4 Å². The van der Waals surface area contributed by atoms with Crippen molar-refractivity contribution in [2.24, 2.45) is 7.05 Å². The second kappa shape index (κ2) is 6.94. The zero-order valence-electron chi connectivity index (χ0n) is 12.8. The van der Waals surface area contributed by atoms with Crippen LogP contribution < -0.4 is 5.32 Å². The lowest BCUT2D eigenvalue weighted by atomic mass is 10.3. The van der Waals surface area contributed by atoms with Gasteiger partial charge in [0.25, 0.3) is 0 Å². The largest absolute Gasteiger partial charge is 0.322 e. The maximum absolute atomic E-state index is 12.4. The van der Waals surface area contributed by atoms with Crippen molar-refractivity contribution in [3.63, 3.8) is 0 Å². The Bertz CT molecular complexity index is 695. The first-order valence-electron chi connectivity index (χ1n) is 6.73. The molecule has 0 aliphatic carbocycles. The van der Waals surface area contributed by atoms with Crippen LogP contribution >= 0.6 is 35.0 Å². The summed E-state index contributed by atoms with van der Waals surface area (Å²) in [6, 6.07) is 5.30. The summed E-state index contributed by atoms with van der Waals surface area (Å²) < 4.78 is 1.74. The average molecular weight is 358 g/mol. The number of thioether (sulfide) groups is 1. The van der Waals surface area contributed by atoms with Crippen molar-refractivity contribution in [2.75, 3.05) is 5.32 Å². The van der Waals surface area contributed by atoms with Gasteiger partial charge in [-0.15, -0.1) is 11.8 Å². The van der Waals surface area contributed by atoms with E-state index < -0.39 is 0 Å². The topological polar surface area (TPSA) is 46.9 Å². The lowest BCUT2D eigenvalue weighted by molar-refractivity contribution is -0.115. The number of hydrogen-bond acceptors (Lipinski definition) is 3. The molecule has 0 fully saturated rings. The minimum atomic E-state index is -0.337. The van der Waals surface area contributed by atoms with Crippen molar-refractivity contribution in [1.29, 1.82) is 0 Å². The molecule has 0 bridgehead atoms. The molecule has 1 heterocycles. The summed E-state index contributed by atoms with van der Waals surface area (Å²) in [5.74, 6) is -0.111. The third kappa shape index (κ3) is 3.59. The summed E-state index contributed by atoms with van der Waals surface area (Å²) in [6.45, 7) is 5.60. The number of halogens is 2. The van der Waals surface area contributed by atoms with E-state index in [4.69, 9.17) is 23.2 Å². The molecule has 0 saturated carbocycles. The maximum Gasteiger partial charge on any atom is 0.237 e. The van der Waals surface area contributed by atoms with Gasteiger partial charge in [-0.2, -0.15) is 5.10 Å². The highest BCUT2D eigenvalue weighted by Crippen LogP contribution is 2.36. The second-order valence-electron chi connectivity index (χ2n) is 4.97. The van der Waals surface area contributed by atoms with Crippen LogP contribution in [-0.2, 0) is 11.8 Å². The molecule has 0 radical (unpaired) electrons. The van der Waals surface area contributed by atoms with Crippen LogP contribution in [0.5, 0.6) is 0 Å². The van der Waals surface area contributed by atoms with E-state index in [-0.39, 0.29) is 11.2 Å². The smallest absolute Gasteiger partial charge is 0.237 e. The van der Waals surface area contributed by atoms with Gasteiger partial charge in [0.15, 0.2) is 0 Å². The Morgan fingerprint density at radius 2 is 1.91 bits per heavy atom. The van der Waals surface area contributed by atoms with Gasteiger partial charge >= 0.3 is 0 Å². The van der Waals surface area contributed by atoms with E-state index in [1.165, 1.54) is 11.8 Å². The van der Waals surface area contributed by atoms with Gasteiger partial charge in [0.05, 0.1) is 32.4 Å². The van der Waals surface area contributed by atoms with Gasteiger partial charge in [-0.3, -0.25) is 9.48 Å². The fraction of sp³-hybridized carbons (Fsp3) is 0.333. The molecule has 7 heteroatoms. The standard InChI is InChI=1S/C15H17Cl2N3OS/c1-8-13(9(2)20(4)19-8)18-15(21)10(3)22-14-11(16)6-5-7-12(14)17/h5-7,10H,1-4H3,(H,18,21)/t10-/m1/s1. The maximum atomic E-state index is 12.4. The first-order valence-corrected chi connectivity index (χ1v) is 8.36. The quantitative estimate of drug-likeness (QED) is 0.821. The predicted octanol–water partition coefficient (Wildman–Crippen LogP) is 4.46. The van der Waals surface area contributed by atoms with Gasteiger partial charge in [0, 0.05) is 11.9 Å². The first-order chi connectivity index (χ1) is 10.3. The second-order valence-corrected chi connectivity index (χ2v) is 7.13. The third-order valence-corrected chi connectivity index (χ3v) is 5.44. The summed E-state index contributed by atoms with van der Waals surface area (Å²) in [5, 5.41) is 7.97. The highest BCUT2D eigenvalue weighted by Gasteiger charge is 2.20. The number of aromatic nitrogens is 2. The minimum Gasteiger partial charge on any atom is -0.322 e. The van der Waals surface area contributed by atoms with E-state index in [1.54, 1.807) is 22.9 Å². The molecule has 1 aromatic carbocycles. The number of amides is 1. The van der Waals surface area contributed by atoms with E-state index in [0.29, 0.717) is 14.9 Å². The van der Waals surface area contributed by atoms with Crippen molar-refractivity contribution < 1.29 is 4.79 Å². The van der Waals surface area contributed by atoms with E-state index in [0.717, 1.165) is 17.1 Å².